The van der Waals surface area contributed by atoms with Gasteiger partial charge in [0.15, 0.2) is 0 Å². The average Bonchev–Trinajstić information content (AvgIpc) is 2.54. The summed E-state index contributed by atoms with van der Waals surface area (Å²) in [5.41, 5.74) is -3.61. The van der Waals surface area contributed by atoms with Gasteiger partial charge in [-0.1, -0.05) is 18.2 Å². The van der Waals surface area contributed by atoms with E-state index in [-0.39, 0.29) is 5.52 Å². The average molecular weight is 253 g/mol. The zero-order valence-corrected chi connectivity index (χ0v) is 8.08. The van der Waals surface area contributed by atoms with E-state index in [1.165, 1.54) is 18.2 Å². The Kier molecular flexibility index (Phi) is 2.37. The van der Waals surface area contributed by atoms with Crippen LogP contribution >= 0.6 is 0 Å². The summed E-state index contributed by atoms with van der Waals surface area (Å²) in [6, 6.07) is 4.79. The van der Waals surface area contributed by atoms with Crippen LogP contribution in [0.15, 0.2) is 24.3 Å². The number of alkyl halides is 6. The molecular weight excluding hydrogens is 248 g/mol. The van der Waals surface area contributed by atoms with Crippen LogP contribution in [0.25, 0.3) is 10.9 Å². The van der Waals surface area contributed by atoms with Gasteiger partial charge >= 0.3 is 12.4 Å². The molecule has 0 unspecified atom stereocenters. The predicted molar refractivity (Wildman–Crippen MR) is 48.3 cm³/mol. The highest BCUT2D eigenvalue weighted by Gasteiger charge is 2.46. The van der Waals surface area contributed by atoms with Gasteiger partial charge in [-0.25, -0.2) is 0 Å². The minimum atomic E-state index is -5.07. The molecule has 2 rings (SSSR count). The molecule has 0 atom stereocenters. The highest BCUT2D eigenvalue weighted by molar-refractivity contribution is 5.85. The quantitative estimate of drug-likeness (QED) is 0.677. The Bertz CT molecular complexity index is 548. The third kappa shape index (κ3) is 1.96. The first-order valence-electron chi connectivity index (χ1n) is 4.46. The summed E-state index contributed by atoms with van der Waals surface area (Å²) in [5, 5.41) is -0.479. The fourth-order valence-electron chi connectivity index (χ4n) is 1.65. The normalized spacial score (nSPS) is 13.3. The lowest BCUT2D eigenvalue weighted by atomic mass is 10.1. The van der Waals surface area contributed by atoms with Gasteiger partial charge in [0.25, 0.3) is 0 Å². The second kappa shape index (κ2) is 3.41. The fraction of sp³-hybridized carbons (Fsp3) is 0.200. The van der Waals surface area contributed by atoms with Crippen LogP contribution in [0.5, 0.6) is 0 Å². The molecule has 1 aromatic carbocycles. The lowest BCUT2D eigenvalue weighted by molar-refractivity contribution is -0.163. The summed E-state index contributed by atoms with van der Waals surface area (Å²) in [4.78, 5) is 1.77. The van der Waals surface area contributed by atoms with Crippen LogP contribution in [0.4, 0.5) is 26.3 Å². The van der Waals surface area contributed by atoms with Crippen LogP contribution in [0.2, 0.25) is 0 Å². The Labute approximate surface area is 91.0 Å². The van der Waals surface area contributed by atoms with Gasteiger partial charge in [-0.3, -0.25) is 0 Å². The van der Waals surface area contributed by atoms with E-state index in [1.807, 2.05) is 0 Å². The van der Waals surface area contributed by atoms with Gasteiger partial charge in [-0.15, -0.1) is 0 Å². The molecule has 92 valence electrons. The second-order valence-corrected chi connectivity index (χ2v) is 3.42. The number of halogens is 6. The highest BCUT2D eigenvalue weighted by atomic mass is 19.4. The minimum Gasteiger partial charge on any atom is -0.350 e. The number of nitrogens with one attached hydrogen (secondary N) is 1. The van der Waals surface area contributed by atoms with Crippen LogP contribution in [-0.4, -0.2) is 4.98 Å². The van der Waals surface area contributed by atoms with Crippen molar-refractivity contribution in [3.63, 3.8) is 0 Å². The van der Waals surface area contributed by atoms with Crippen molar-refractivity contribution in [1.82, 2.24) is 4.98 Å². The van der Waals surface area contributed by atoms with E-state index in [0.29, 0.717) is 0 Å². The van der Waals surface area contributed by atoms with Crippen LogP contribution in [0.3, 0.4) is 0 Å². The second-order valence-electron chi connectivity index (χ2n) is 3.42. The van der Waals surface area contributed by atoms with Crippen LogP contribution < -0.4 is 0 Å². The number of aromatic nitrogens is 1. The number of aromatic amines is 1. The molecule has 0 saturated heterocycles. The predicted octanol–water partition coefficient (Wildman–Crippen LogP) is 4.21. The molecule has 7 heteroatoms. The number of H-pyrrole nitrogens is 1. The van der Waals surface area contributed by atoms with Gasteiger partial charge in [0.05, 0.1) is 5.56 Å². The largest absolute Gasteiger partial charge is 0.431 e. The Morgan fingerprint density at radius 1 is 0.824 bits per heavy atom. The maximum atomic E-state index is 12.6. The lowest BCUT2D eigenvalue weighted by Gasteiger charge is -2.10. The molecule has 0 aliphatic heterocycles. The number of benzene rings is 1. The summed E-state index contributed by atoms with van der Waals surface area (Å²) in [5.74, 6) is 0. The minimum absolute atomic E-state index is 0.188. The molecule has 1 N–H and O–H groups in total. The van der Waals surface area contributed by atoms with E-state index in [0.717, 1.165) is 6.07 Å². The molecule has 0 amide bonds. The van der Waals surface area contributed by atoms with Gasteiger partial charge in [-0.2, -0.15) is 26.3 Å². The molecule has 2 aromatic rings. The van der Waals surface area contributed by atoms with Crippen molar-refractivity contribution >= 4 is 10.9 Å². The van der Waals surface area contributed by atoms with E-state index in [1.54, 1.807) is 4.98 Å². The van der Waals surface area contributed by atoms with Gasteiger partial charge in [0, 0.05) is 10.9 Å². The van der Waals surface area contributed by atoms with Crippen LogP contribution in [0, 0.1) is 0 Å². The Morgan fingerprint density at radius 3 is 1.94 bits per heavy atom. The Hall–Kier alpha value is -1.66. The van der Waals surface area contributed by atoms with Crippen molar-refractivity contribution in [2.24, 2.45) is 0 Å². The van der Waals surface area contributed by atoms with E-state index in [4.69, 9.17) is 0 Å². The summed E-state index contributed by atoms with van der Waals surface area (Å²) in [7, 11) is 0. The highest BCUT2D eigenvalue weighted by Crippen LogP contribution is 2.43. The van der Waals surface area contributed by atoms with Crippen LogP contribution in [-0.2, 0) is 12.4 Å². The third-order valence-corrected chi connectivity index (χ3v) is 2.27. The number of rotatable bonds is 0. The topological polar surface area (TPSA) is 15.8 Å². The summed E-state index contributed by atoms with van der Waals surface area (Å²) < 4.78 is 75.3. The maximum absolute atomic E-state index is 12.6. The molecule has 1 heterocycles. The summed E-state index contributed by atoms with van der Waals surface area (Å²) in [6.07, 6.45) is -10.1. The molecule has 17 heavy (non-hydrogen) atoms. The number of para-hydroxylation sites is 1. The van der Waals surface area contributed by atoms with Crippen molar-refractivity contribution in [2.45, 2.75) is 12.4 Å². The first-order valence-corrected chi connectivity index (χ1v) is 4.46. The monoisotopic (exact) mass is 253 g/mol. The number of fused-ring (bicyclic) bond motifs is 1. The van der Waals surface area contributed by atoms with Crippen molar-refractivity contribution in [3.8, 4) is 0 Å². The molecule has 0 saturated carbocycles. The first kappa shape index (κ1) is 11.8. The van der Waals surface area contributed by atoms with Gasteiger partial charge in [0.2, 0.25) is 0 Å². The van der Waals surface area contributed by atoms with Crippen molar-refractivity contribution < 1.29 is 26.3 Å². The number of hydrogen-bond donors (Lipinski definition) is 1. The molecule has 1 nitrogen and oxygen atoms in total. The summed E-state index contributed by atoms with van der Waals surface area (Å²) in [6.45, 7) is 0. The molecule has 0 spiro atoms. The SMILES string of the molecule is FC(F)(F)c1[nH]c2ccccc2c1C(F)(F)F. The molecule has 0 bridgehead atoms. The molecular formula is C10H5F6N. The van der Waals surface area contributed by atoms with Gasteiger partial charge < -0.3 is 4.98 Å². The smallest absolute Gasteiger partial charge is 0.350 e. The number of hydrogen-bond acceptors (Lipinski definition) is 0. The lowest BCUT2D eigenvalue weighted by Crippen LogP contribution is -2.15. The van der Waals surface area contributed by atoms with Gasteiger partial charge in [0.1, 0.15) is 5.69 Å². The fourth-order valence-corrected chi connectivity index (χ4v) is 1.65. The zero-order valence-electron chi connectivity index (χ0n) is 8.08. The maximum Gasteiger partial charge on any atom is 0.431 e. The first-order chi connectivity index (χ1) is 7.71. The molecule has 1 aromatic heterocycles. The molecule has 0 aliphatic carbocycles. The molecule has 0 aliphatic rings. The van der Waals surface area contributed by atoms with Crippen molar-refractivity contribution in [3.05, 3.63) is 35.5 Å². The van der Waals surface area contributed by atoms with Crippen molar-refractivity contribution in [2.75, 3.05) is 0 Å². The Morgan fingerprint density at radius 2 is 1.41 bits per heavy atom. The standard InChI is InChI=1S/C10H5F6N/c11-9(12,13)7-5-3-1-2-4-6(5)17-8(7)10(14,15)16/h1-4,17H. The van der Waals surface area contributed by atoms with Crippen molar-refractivity contribution in [1.29, 1.82) is 0 Å². The van der Waals surface area contributed by atoms with Crippen LogP contribution in [0.1, 0.15) is 11.3 Å². The summed E-state index contributed by atoms with van der Waals surface area (Å²) >= 11 is 0. The zero-order chi connectivity index (χ0) is 12.8. The third-order valence-electron chi connectivity index (χ3n) is 2.27. The Balaban J connectivity index is 2.84. The van der Waals surface area contributed by atoms with E-state index < -0.39 is 29.0 Å². The molecule has 0 fully saturated rings. The van der Waals surface area contributed by atoms with E-state index in [2.05, 4.69) is 0 Å². The van der Waals surface area contributed by atoms with E-state index in [9.17, 15) is 26.3 Å². The van der Waals surface area contributed by atoms with Gasteiger partial charge in [-0.05, 0) is 6.07 Å². The molecule has 0 radical (unpaired) electrons. The van der Waals surface area contributed by atoms with E-state index >= 15 is 0 Å².